The molecule has 0 bridgehead atoms. The van der Waals surface area contributed by atoms with E-state index in [0.29, 0.717) is 17.9 Å². The van der Waals surface area contributed by atoms with E-state index in [1.165, 1.54) is 36.7 Å². The van der Waals surface area contributed by atoms with Crippen LogP contribution >= 0.6 is 11.8 Å². The van der Waals surface area contributed by atoms with E-state index < -0.39 is 15.1 Å². The highest BCUT2D eigenvalue weighted by Gasteiger charge is 2.31. The van der Waals surface area contributed by atoms with Gasteiger partial charge in [-0.3, -0.25) is 19.9 Å². The van der Waals surface area contributed by atoms with Crippen LogP contribution in [0.1, 0.15) is 18.1 Å². The molecule has 1 aromatic heterocycles. The van der Waals surface area contributed by atoms with E-state index in [2.05, 4.69) is 15.5 Å². The molecule has 9 nitrogen and oxygen atoms in total. The van der Waals surface area contributed by atoms with Crippen LogP contribution in [0.25, 0.3) is 0 Å². The predicted octanol–water partition coefficient (Wildman–Crippen LogP) is 3.63. The van der Waals surface area contributed by atoms with Crippen molar-refractivity contribution < 1.29 is 27.6 Å². The van der Waals surface area contributed by atoms with E-state index >= 15 is 0 Å². The van der Waals surface area contributed by atoms with Crippen LogP contribution in [0, 0.1) is 0 Å². The molecule has 1 atom stereocenters. The number of benzene rings is 2. The molecule has 186 valence electrons. The summed E-state index contributed by atoms with van der Waals surface area (Å²) in [6, 6.07) is 16.6. The Balaban J connectivity index is 1.23. The van der Waals surface area contributed by atoms with Crippen molar-refractivity contribution in [2.75, 3.05) is 13.2 Å². The number of rotatable bonds is 10. The van der Waals surface area contributed by atoms with E-state index in [1.54, 1.807) is 31.2 Å². The van der Waals surface area contributed by atoms with Crippen LogP contribution in [-0.4, -0.2) is 48.7 Å². The Bertz CT molecular complexity index is 1360. The molecule has 1 fully saturated rings. The number of pyridine rings is 1. The van der Waals surface area contributed by atoms with Crippen LogP contribution < -0.4 is 10.1 Å². The predicted molar refractivity (Wildman–Crippen MR) is 135 cm³/mol. The lowest BCUT2D eigenvalue weighted by Crippen LogP contribution is -2.25. The number of sulfone groups is 1. The third-order valence-corrected chi connectivity index (χ3v) is 8.07. The number of imide groups is 1. The van der Waals surface area contributed by atoms with Crippen LogP contribution in [0.5, 0.6) is 5.75 Å². The number of nitrogens with zero attached hydrogens (tertiary/aromatic N) is 2. The number of carbonyl (C=O) groups excluding carboxylic acids is 2. The lowest BCUT2D eigenvalue weighted by molar-refractivity contribution is -0.118. The van der Waals surface area contributed by atoms with Gasteiger partial charge in [0.1, 0.15) is 12.4 Å². The Labute approximate surface area is 212 Å². The fraction of sp³-hybridized carbons (Fsp3) is 0.200. The van der Waals surface area contributed by atoms with E-state index in [1.807, 2.05) is 12.1 Å². The molecule has 1 N–H and O–H groups in total. The molecule has 1 aliphatic rings. The van der Waals surface area contributed by atoms with Crippen molar-refractivity contribution >= 4 is 38.5 Å². The van der Waals surface area contributed by atoms with Crippen molar-refractivity contribution in [1.82, 2.24) is 10.3 Å². The minimum atomic E-state index is -3.61. The monoisotopic (exact) mass is 525 g/mol. The quantitative estimate of drug-likeness (QED) is 0.242. The van der Waals surface area contributed by atoms with Gasteiger partial charge in [0, 0.05) is 12.4 Å². The Hall–Kier alpha value is -3.70. The maximum Gasteiger partial charge on any atom is 0.286 e. The third-order valence-electron chi connectivity index (χ3n) is 5.30. The minimum Gasteiger partial charge on any atom is -0.490 e. The summed E-state index contributed by atoms with van der Waals surface area (Å²) in [6.07, 6.45) is 3.35. The number of thioether (sulfide) groups is 1. The molecular formula is C25H23N3O6S2. The van der Waals surface area contributed by atoms with Gasteiger partial charge in [-0.1, -0.05) is 41.2 Å². The van der Waals surface area contributed by atoms with Gasteiger partial charge >= 0.3 is 0 Å². The lowest BCUT2D eigenvalue weighted by atomic mass is 10.1. The Morgan fingerprint density at radius 2 is 1.64 bits per heavy atom. The minimum absolute atomic E-state index is 0.185. The van der Waals surface area contributed by atoms with Crippen LogP contribution in [0.3, 0.4) is 0 Å². The third kappa shape index (κ3) is 6.29. The van der Waals surface area contributed by atoms with Gasteiger partial charge < -0.3 is 9.57 Å². The maximum atomic E-state index is 12.7. The number of ether oxygens (including phenoxy) is 1. The summed E-state index contributed by atoms with van der Waals surface area (Å²) in [5.74, 6) is 0.387. The van der Waals surface area contributed by atoms with Crippen LogP contribution in [-0.2, 0) is 25.9 Å². The fourth-order valence-corrected chi connectivity index (χ4v) is 5.49. The Morgan fingerprint density at radius 1 is 0.972 bits per heavy atom. The van der Waals surface area contributed by atoms with E-state index in [4.69, 9.17) is 9.57 Å². The molecule has 36 heavy (non-hydrogen) atoms. The summed E-state index contributed by atoms with van der Waals surface area (Å²) < 4.78 is 31.0. The van der Waals surface area contributed by atoms with E-state index in [9.17, 15) is 18.0 Å². The molecule has 2 heterocycles. The fourth-order valence-electron chi connectivity index (χ4n) is 3.38. The van der Waals surface area contributed by atoms with Crippen LogP contribution in [0.15, 0.2) is 88.0 Å². The number of carbonyl (C=O) groups is 2. The summed E-state index contributed by atoms with van der Waals surface area (Å²) in [5.41, 5.74) is 2.26. The van der Waals surface area contributed by atoms with Crippen molar-refractivity contribution in [3.63, 3.8) is 0 Å². The van der Waals surface area contributed by atoms with Gasteiger partial charge in [-0.15, -0.1) is 0 Å². The molecule has 1 unspecified atom stereocenters. The SMILES string of the molecule is CC(=NOCCOc1ccc(CC2SC(=O)NC2=O)cc1)c1ccc(S(=O)(=O)c2ccncc2)cc1. The summed E-state index contributed by atoms with van der Waals surface area (Å²) in [5, 5.41) is 5.64. The summed E-state index contributed by atoms with van der Waals surface area (Å²) >= 11 is 1.00. The molecule has 3 aromatic rings. The maximum absolute atomic E-state index is 12.7. The molecule has 2 aromatic carbocycles. The van der Waals surface area contributed by atoms with Crippen LogP contribution in [0.4, 0.5) is 4.79 Å². The van der Waals surface area contributed by atoms with Gasteiger partial charge in [0.25, 0.3) is 5.24 Å². The topological polar surface area (TPSA) is 124 Å². The van der Waals surface area contributed by atoms with Crippen molar-refractivity contribution in [3.8, 4) is 5.75 Å². The second-order valence-electron chi connectivity index (χ2n) is 7.80. The molecule has 1 saturated heterocycles. The number of hydrogen-bond donors (Lipinski definition) is 1. The first kappa shape index (κ1) is 25.4. The average molecular weight is 526 g/mol. The molecule has 0 radical (unpaired) electrons. The van der Waals surface area contributed by atoms with Crippen LogP contribution in [0.2, 0.25) is 0 Å². The zero-order valence-corrected chi connectivity index (χ0v) is 20.9. The molecule has 4 rings (SSSR count). The van der Waals surface area contributed by atoms with Crippen molar-refractivity contribution in [2.24, 2.45) is 5.16 Å². The molecule has 0 spiro atoms. The summed E-state index contributed by atoms with van der Waals surface area (Å²) in [7, 11) is -3.61. The second kappa shape index (κ2) is 11.4. The molecule has 0 saturated carbocycles. The highest BCUT2D eigenvalue weighted by atomic mass is 32.2. The van der Waals surface area contributed by atoms with Gasteiger partial charge in [-0.25, -0.2) is 8.42 Å². The highest BCUT2D eigenvalue weighted by Crippen LogP contribution is 2.24. The van der Waals surface area contributed by atoms with Gasteiger partial charge in [0.2, 0.25) is 15.7 Å². The van der Waals surface area contributed by atoms with Crippen molar-refractivity contribution in [1.29, 1.82) is 0 Å². The van der Waals surface area contributed by atoms with E-state index in [-0.39, 0.29) is 34.2 Å². The van der Waals surface area contributed by atoms with Crippen molar-refractivity contribution in [2.45, 2.75) is 28.4 Å². The van der Waals surface area contributed by atoms with E-state index in [0.717, 1.165) is 22.9 Å². The average Bonchev–Trinajstić information content (AvgIpc) is 3.21. The normalized spacial score (nSPS) is 16.0. The summed E-state index contributed by atoms with van der Waals surface area (Å²) in [4.78, 5) is 32.5. The van der Waals surface area contributed by atoms with Gasteiger partial charge in [-0.2, -0.15) is 0 Å². The molecule has 2 amide bonds. The molecule has 1 aliphatic heterocycles. The number of nitrogens with one attached hydrogen (secondary N) is 1. The first-order valence-electron chi connectivity index (χ1n) is 11.0. The van der Waals surface area contributed by atoms with Crippen molar-refractivity contribution in [3.05, 3.63) is 84.2 Å². The lowest BCUT2D eigenvalue weighted by Gasteiger charge is -2.09. The zero-order valence-electron chi connectivity index (χ0n) is 19.3. The largest absolute Gasteiger partial charge is 0.490 e. The first-order valence-corrected chi connectivity index (χ1v) is 13.3. The smallest absolute Gasteiger partial charge is 0.286 e. The Morgan fingerprint density at radius 3 is 2.28 bits per heavy atom. The molecule has 0 aliphatic carbocycles. The number of amides is 2. The summed E-state index contributed by atoms with van der Waals surface area (Å²) in [6.45, 7) is 2.26. The standard InChI is InChI=1S/C25H23N3O6S2/c1-17(19-4-8-21(9-5-19)36(31,32)22-10-12-26-13-11-22)28-34-15-14-33-20-6-2-18(3-7-20)16-23-24(29)27-25(30)35-23/h2-13,23H,14-16H2,1H3,(H,27,29,30). The number of hydrogen-bond acceptors (Lipinski definition) is 9. The number of oxime groups is 1. The Kier molecular flexibility index (Phi) is 8.01. The van der Waals surface area contributed by atoms with Gasteiger partial charge in [-0.05, 0) is 60.9 Å². The highest BCUT2D eigenvalue weighted by molar-refractivity contribution is 8.15. The second-order valence-corrected chi connectivity index (χ2v) is 10.9. The first-order chi connectivity index (χ1) is 17.3. The zero-order chi connectivity index (χ0) is 25.5. The van der Waals surface area contributed by atoms with Gasteiger partial charge in [0.15, 0.2) is 6.61 Å². The number of aromatic nitrogens is 1. The molecular weight excluding hydrogens is 502 g/mol. The van der Waals surface area contributed by atoms with Gasteiger partial charge in [0.05, 0.1) is 20.8 Å². The molecule has 11 heteroatoms.